The predicted octanol–water partition coefficient (Wildman–Crippen LogP) is 1.12. The standard InChI is InChI=1S/C9H12O3/c1-5-3-2-4-6-7(5)9(11)12-8(6)10/h5-7H,2-4H2,1H3/t5-,6+,7+/m1/s1. The number of hydrogen-bond acceptors (Lipinski definition) is 3. The molecule has 1 aliphatic carbocycles. The molecule has 0 spiro atoms. The maximum Gasteiger partial charge on any atom is 0.317 e. The SMILES string of the molecule is C[C@@H]1CCC[C@@H]2C(=O)OC(=O)[C@@H]12. The molecule has 2 fully saturated rings. The Kier molecular flexibility index (Phi) is 1.67. The van der Waals surface area contributed by atoms with Crippen molar-refractivity contribution in [2.45, 2.75) is 26.2 Å². The molecule has 3 nitrogen and oxygen atoms in total. The molecule has 0 aromatic rings. The molecule has 12 heavy (non-hydrogen) atoms. The van der Waals surface area contributed by atoms with Gasteiger partial charge in [0.1, 0.15) is 0 Å². The Bertz CT molecular complexity index is 234. The summed E-state index contributed by atoms with van der Waals surface area (Å²) in [4.78, 5) is 22.3. The third-order valence-corrected chi connectivity index (χ3v) is 3.00. The van der Waals surface area contributed by atoms with Crippen LogP contribution >= 0.6 is 0 Å². The number of fused-ring (bicyclic) bond motifs is 1. The van der Waals surface area contributed by atoms with Crippen LogP contribution in [-0.4, -0.2) is 11.9 Å². The van der Waals surface area contributed by atoms with Gasteiger partial charge in [0, 0.05) is 0 Å². The average molecular weight is 168 g/mol. The minimum atomic E-state index is -0.295. The van der Waals surface area contributed by atoms with E-state index in [0.29, 0.717) is 5.92 Å². The first kappa shape index (κ1) is 7.77. The molecule has 1 saturated carbocycles. The second-order valence-electron chi connectivity index (χ2n) is 3.78. The monoisotopic (exact) mass is 168 g/mol. The van der Waals surface area contributed by atoms with Gasteiger partial charge >= 0.3 is 11.9 Å². The van der Waals surface area contributed by atoms with Gasteiger partial charge < -0.3 is 4.74 Å². The minimum Gasteiger partial charge on any atom is -0.393 e. The van der Waals surface area contributed by atoms with Crippen LogP contribution in [-0.2, 0) is 14.3 Å². The van der Waals surface area contributed by atoms with Gasteiger partial charge in [-0.1, -0.05) is 13.3 Å². The molecule has 0 radical (unpaired) electrons. The van der Waals surface area contributed by atoms with E-state index >= 15 is 0 Å². The third-order valence-electron chi connectivity index (χ3n) is 3.00. The highest BCUT2D eigenvalue weighted by atomic mass is 16.6. The van der Waals surface area contributed by atoms with Gasteiger partial charge in [0.05, 0.1) is 11.8 Å². The number of esters is 2. The highest BCUT2D eigenvalue weighted by Gasteiger charge is 2.48. The van der Waals surface area contributed by atoms with E-state index in [-0.39, 0.29) is 23.8 Å². The van der Waals surface area contributed by atoms with E-state index in [0.717, 1.165) is 19.3 Å². The maximum absolute atomic E-state index is 11.2. The lowest BCUT2D eigenvalue weighted by Gasteiger charge is -2.25. The number of carbonyl (C=O) groups is 2. The molecular formula is C9H12O3. The topological polar surface area (TPSA) is 43.4 Å². The minimum absolute atomic E-state index is 0.124. The Morgan fingerprint density at radius 1 is 1.25 bits per heavy atom. The normalized spacial score (nSPS) is 40.9. The Hall–Kier alpha value is -0.860. The molecule has 2 aliphatic rings. The molecule has 0 aromatic carbocycles. The molecular weight excluding hydrogens is 156 g/mol. The molecule has 66 valence electrons. The lowest BCUT2D eigenvalue weighted by Crippen LogP contribution is -2.28. The molecule has 0 bridgehead atoms. The first-order valence-corrected chi connectivity index (χ1v) is 4.45. The number of cyclic esters (lactones) is 2. The van der Waals surface area contributed by atoms with E-state index in [1.165, 1.54) is 0 Å². The van der Waals surface area contributed by atoms with Crippen molar-refractivity contribution in [3.8, 4) is 0 Å². The van der Waals surface area contributed by atoms with Crippen LogP contribution in [0.2, 0.25) is 0 Å². The molecule has 2 rings (SSSR count). The molecule has 0 unspecified atom stereocenters. The summed E-state index contributed by atoms with van der Waals surface area (Å²) in [7, 11) is 0. The Labute approximate surface area is 71.1 Å². The van der Waals surface area contributed by atoms with Crippen LogP contribution in [0.5, 0.6) is 0 Å². The molecule has 0 aromatic heterocycles. The van der Waals surface area contributed by atoms with Gasteiger partial charge in [0.15, 0.2) is 0 Å². The second kappa shape index (κ2) is 2.57. The molecule has 3 atom stereocenters. The molecule has 0 N–H and O–H groups in total. The maximum atomic E-state index is 11.2. The highest BCUT2D eigenvalue weighted by molar-refractivity contribution is 5.96. The first-order valence-electron chi connectivity index (χ1n) is 4.45. The van der Waals surface area contributed by atoms with Crippen molar-refractivity contribution < 1.29 is 14.3 Å². The quantitative estimate of drug-likeness (QED) is 0.402. The summed E-state index contributed by atoms with van der Waals surface area (Å²) in [6.45, 7) is 2.02. The van der Waals surface area contributed by atoms with E-state index in [9.17, 15) is 9.59 Å². The fourth-order valence-electron chi connectivity index (χ4n) is 2.32. The van der Waals surface area contributed by atoms with Crippen molar-refractivity contribution >= 4 is 11.9 Å². The Morgan fingerprint density at radius 3 is 2.67 bits per heavy atom. The summed E-state index contributed by atoms with van der Waals surface area (Å²) in [6.07, 6.45) is 2.92. The van der Waals surface area contributed by atoms with Crippen LogP contribution in [0.15, 0.2) is 0 Å². The van der Waals surface area contributed by atoms with E-state index in [1.54, 1.807) is 0 Å². The predicted molar refractivity (Wildman–Crippen MR) is 41.1 cm³/mol. The van der Waals surface area contributed by atoms with Gasteiger partial charge in [-0.15, -0.1) is 0 Å². The smallest absolute Gasteiger partial charge is 0.317 e. The van der Waals surface area contributed by atoms with Crippen LogP contribution in [0.25, 0.3) is 0 Å². The van der Waals surface area contributed by atoms with Crippen molar-refractivity contribution in [2.24, 2.45) is 17.8 Å². The summed E-state index contributed by atoms with van der Waals surface area (Å²) < 4.78 is 4.60. The van der Waals surface area contributed by atoms with E-state index in [1.807, 2.05) is 6.92 Å². The number of ether oxygens (including phenoxy) is 1. The van der Waals surface area contributed by atoms with E-state index < -0.39 is 0 Å². The third kappa shape index (κ3) is 0.958. The van der Waals surface area contributed by atoms with Crippen LogP contribution in [0.4, 0.5) is 0 Å². The molecule has 0 amide bonds. The molecule has 1 aliphatic heterocycles. The largest absolute Gasteiger partial charge is 0.393 e. The van der Waals surface area contributed by atoms with Crippen molar-refractivity contribution in [3.05, 3.63) is 0 Å². The second-order valence-corrected chi connectivity index (χ2v) is 3.78. The zero-order valence-electron chi connectivity index (χ0n) is 7.08. The van der Waals surface area contributed by atoms with E-state index in [4.69, 9.17) is 0 Å². The fraction of sp³-hybridized carbons (Fsp3) is 0.778. The van der Waals surface area contributed by atoms with Crippen LogP contribution in [0.1, 0.15) is 26.2 Å². The zero-order chi connectivity index (χ0) is 8.72. The van der Waals surface area contributed by atoms with Crippen LogP contribution in [0.3, 0.4) is 0 Å². The van der Waals surface area contributed by atoms with Crippen molar-refractivity contribution in [3.63, 3.8) is 0 Å². The number of rotatable bonds is 0. The lowest BCUT2D eigenvalue weighted by molar-refractivity contribution is -0.154. The van der Waals surface area contributed by atoms with Crippen molar-refractivity contribution in [1.29, 1.82) is 0 Å². The zero-order valence-corrected chi connectivity index (χ0v) is 7.08. The van der Waals surface area contributed by atoms with Gasteiger partial charge in [-0.05, 0) is 18.8 Å². The van der Waals surface area contributed by atoms with Crippen LogP contribution < -0.4 is 0 Å². The van der Waals surface area contributed by atoms with Gasteiger partial charge in [-0.2, -0.15) is 0 Å². The molecule has 1 saturated heterocycles. The molecule has 3 heteroatoms. The van der Waals surface area contributed by atoms with Gasteiger partial charge in [-0.25, -0.2) is 0 Å². The summed E-state index contributed by atoms with van der Waals surface area (Å²) in [5, 5.41) is 0. The summed E-state index contributed by atoms with van der Waals surface area (Å²) in [6, 6.07) is 0. The van der Waals surface area contributed by atoms with Gasteiger partial charge in [0.2, 0.25) is 0 Å². The van der Waals surface area contributed by atoms with Crippen molar-refractivity contribution in [2.75, 3.05) is 0 Å². The summed E-state index contributed by atoms with van der Waals surface area (Å²) >= 11 is 0. The highest BCUT2D eigenvalue weighted by Crippen LogP contribution is 2.40. The number of hydrogen-bond donors (Lipinski definition) is 0. The summed E-state index contributed by atoms with van der Waals surface area (Å²) in [5.74, 6) is -0.524. The van der Waals surface area contributed by atoms with Gasteiger partial charge in [-0.3, -0.25) is 9.59 Å². The van der Waals surface area contributed by atoms with Crippen molar-refractivity contribution in [1.82, 2.24) is 0 Å². The van der Waals surface area contributed by atoms with Gasteiger partial charge in [0.25, 0.3) is 0 Å². The number of carbonyl (C=O) groups excluding carboxylic acids is 2. The lowest BCUT2D eigenvalue weighted by atomic mass is 9.74. The average Bonchev–Trinajstić information content (AvgIpc) is 2.29. The first-order chi connectivity index (χ1) is 5.70. The summed E-state index contributed by atoms with van der Waals surface area (Å²) in [5.41, 5.74) is 0. The van der Waals surface area contributed by atoms with E-state index in [2.05, 4.69) is 4.74 Å². The van der Waals surface area contributed by atoms with Crippen LogP contribution in [0, 0.1) is 17.8 Å². The Morgan fingerprint density at radius 2 is 2.00 bits per heavy atom. The Balaban J connectivity index is 2.24. The molecule has 1 heterocycles. The fourth-order valence-corrected chi connectivity index (χ4v) is 2.32.